The van der Waals surface area contributed by atoms with Gasteiger partial charge in [0.05, 0.1) is 5.60 Å². The molecule has 1 N–H and O–H groups in total. The monoisotopic (exact) mass is 443 g/mol. The molecular weight excluding hydrogens is 410 g/mol. The minimum Gasteiger partial charge on any atom is -0.385 e. The Labute approximate surface area is 191 Å². The van der Waals surface area contributed by atoms with Crippen molar-refractivity contribution in [3.05, 3.63) is 69.7 Å². The molecule has 31 heavy (non-hydrogen) atoms. The van der Waals surface area contributed by atoms with E-state index in [1.54, 1.807) is 12.0 Å². The second kappa shape index (κ2) is 11.1. The first-order valence-corrected chi connectivity index (χ1v) is 11.6. The molecule has 1 amide bonds. The molecule has 5 heteroatoms. The molecule has 0 aromatic heterocycles. The zero-order chi connectivity index (χ0) is 22.3. The molecule has 0 bridgehead atoms. The number of benzene rings is 2. The van der Waals surface area contributed by atoms with Gasteiger partial charge in [0.2, 0.25) is 6.41 Å². The largest absolute Gasteiger partial charge is 0.385 e. The van der Waals surface area contributed by atoms with Gasteiger partial charge in [0.15, 0.2) is 0 Å². The molecule has 0 radical (unpaired) electrons. The van der Waals surface area contributed by atoms with E-state index in [4.69, 9.17) is 16.3 Å². The number of piperidine rings is 1. The van der Waals surface area contributed by atoms with Crippen LogP contribution in [0.15, 0.2) is 42.5 Å². The number of likely N-dealkylation sites (tertiary alicyclic amines) is 1. The summed E-state index contributed by atoms with van der Waals surface area (Å²) in [4.78, 5) is 13.3. The summed E-state index contributed by atoms with van der Waals surface area (Å²) in [7, 11) is 1.70. The van der Waals surface area contributed by atoms with E-state index in [9.17, 15) is 9.90 Å². The van der Waals surface area contributed by atoms with Crippen LogP contribution in [0.25, 0.3) is 0 Å². The van der Waals surface area contributed by atoms with Crippen molar-refractivity contribution >= 4 is 18.0 Å². The van der Waals surface area contributed by atoms with E-state index in [1.165, 1.54) is 11.1 Å². The number of carbonyl (C=O) groups excluding carboxylic acids is 1. The fourth-order valence-electron chi connectivity index (χ4n) is 4.83. The molecule has 2 aromatic carbocycles. The lowest BCUT2D eigenvalue weighted by Crippen LogP contribution is -2.46. The number of aliphatic hydroxyl groups is 1. The van der Waals surface area contributed by atoms with Crippen LogP contribution in [0.2, 0.25) is 5.02 Å². The lowest BCUT2D eigenvalue weighted by atomic mass is 9.72. The maximum absolute atomic E-state index is 12.2. The summed E-state index contributed by atoms with van der Waals surface area (Å²) in [5, 5.41) is 12.9. The van der Waals surface area contributed by atoms with E-state index in [0.29, 0.717) is 31.0 Å². The Morgan fingerprint density at radius 1 is 1.23 bits per heavy atom. The van der Waals surface area contributed by atoms with E-state index in [1.807, 2.05) is 30.3 Å². The molecule has 0 aliphatic carbocycles. The topological polar surface area (TPSA) is 49.8 Å². The number of halogens is 1. The highest BCUT2D eigenvalue weighted by atomic mass is 35.5. The van der Waals surface area contributed by atoms with E-state index in [2.05, 4.69) is 19.1 Å². The zero-order valence-electron chi connectivity index (χ0n) is 18.6. The third-order valence-electron chi connectivity index (χ3n) is 6.65. The molecule has 168 valence electrons. The van der Waals surface area contributed by atoms with Crippen molar-refractivity contribution in [2.75, 3.05) is 26.8 Å². The number of nitrogens with zero attached hydrogens (tertiary/aromatic N) is 1. The number of aryl methyl sites for hydroxylation is 1. The van der Waals surface area contributed by atoms with Gasteiger partial charge in [-0.15, -0.1) is 0 Å². The van der Waals surface area contributed by atoms with Crippen LogP contribution in [-0.4, -0.2) is 43.2 Å². The molecular formula is C26H34ClNO3. The SMILES string of the molecule is COCCCC[C@@](O)(c1cccc(Cl)c1Cc1ccccc1C)C1CCCN(C=O)C1. The average Bonchev–Trinajstić information content (AvgIpc) is 2.79. The van der Waals surface area contributed by atoms with E-state index >= 15 is 0 Å². The Bertz CT molecular complexity index is 871. The molecule has 0 spiro atoms. The fourth-order valence-corrected chi connectivity index (χ4v) is 5.08. The van der Waals surface area contributed by atoms with Crippen molar-refractivity contribution in [3.8, 4) is 0 Å². The maximum atomic E-state index is 12.2. The number of carbonyl (C=O) groups is 1. The molecule has 3 rings (SSSR count). The molecule has 0 saturated carbocycles. The minimum absolute atomic E-state index is 0.0249. The van der Waals surface area contributed by atoms with Crippen molar-refractivity contribution in [1.29, 1.82) is 0 Å². The van der Waals surface area contributed by atoms with Crippen molar-refractivity contribution in [1.82, 2.24) is 4.90 Å². The maximum Gasteiger partial charge on any atom is 0.209 e. The molecule has 2 aromatic rings. The van der Waals surface area contributed by atoms with Gasteiger partial charge in [-0.2, -0.15) is 0 Å². The molecule has 4 nitrogen and oxygen atoms in total. The van der Waals surface area contributed by atoms with Crippen molar-refractivity contribution < 1.29 is 14.6 Å². The van der Waals surface area contributed by atoms with Crippen molar-refractivity contribution in [3.63, 3.8) is 0 Å². The Hall–Kier alpha value is -1.88. The van der Waals surface area contributed by atoms with Gasteiger partial charge in [0, 0.05) is 37.7 Å². The molecule has 1 aliphatic heterocycles. The first kappa shape index (κ1) is 23.8. The third kappa shape index (κ3) is 5.68. The number of rotatable bonds is 10. The first-order valence-electron chi connectivity index (χ1n) is 11.2. The lowest BCUT2D eigenvalue weighted by Gasteiger charge is -2.43. The van der Waals surface area contributed by atoms with Gasteiger partial charge < -0.3 is 14.7 Å². The number of methoxy groups -OCH3 is 1. The van der Waals surface area contributed by atoms with E-state index in [0.717, 1.165) is 49.8 Å². The van der Waals surface area contributed by atoms with Crippen LogP contribution in [0.1, 0.15) is 54.4 Å². The second-order valence-corrected chi connectivity index (χ2v) is 9.09. The van der Waals surface area contributed by atoms with Crippen LogP contribution in [0.3, 0.4) is 0 Å². The Morgan fingerprint density at radius 2 is 2.03 bits per heavy atom. The highest BCUT2D eigenvalue weighted by molar-refractivity contribution is 6.31. The predicted octanol–water partition coefficient (Wildman–Crippen LogP) is 5.11. The predicted molar refractivity (Wildman–Crippen MR) is 125 cm³/mol. The van der Waals surface area contributed by atoms with Gasteiger partial charge in [-0.05, 0) is 73.8 Å². The van der Waals surface area contributed by atoms with Gasteiger partial charge in [-0.3, -0.25) is 4.79 Å². The van der Waals surface area contributed by atoms with Gasteiger partial charge >= 0.3 is 0 Å². The van der Waals surface area contributed by atoms with Gasteiger partial charge in [-0.25, -0.2) is 0 Å². The Balaban J connectivity index is 2.00. The number of unbranched alkanes of at least 4 members (excludes halogenated alkanes) is 1. The second-order valence-electron chi connectivity index (χ2n) is 8.68. The summed E-state index contributed by atoms with van der Waals surface area (Å²) in [6.07, 6.45) is 5.72. The van der Waals surface area contributed by atoms with Crippen LogP contribution in [0.5, 0.6) is 0 Å². The molecule has 1 saturated heterocycles. The zero-order valence-corrected chi connectivity index (χ0v) is 19.4. The normalized spacial score (nSPS) is 18.6. The van der Waals surface area contributed by atoms with Gasteiger partial charge in [0.1, 0.15) is 0 Å². The third-order valence-corrected chi connectivity index (χ3v) is 7.00. The van der Waals surface area contributed by atoms with Gasteiger partial charge in [0.25, 0.3) is 0 Å². The Kier molecular flexibility index (Phi) is 8.53. The molecule has 1 fully saturated rings. The molecule has 2 atom stereocenters. The Morgan fingerprint density at radius 3 is 2.77 bits per heavy atom. The van der Waals surface area contributed by atoms with Crippen LogP contribution in [-0.2, 0) is 21.6 Å². The molecule has 1 heterocycles. The van der Waals surface area contributed by atoms with Gasteiger partial charge in [-0.1, -0.05) is 48.0 Å². The average molecular weight is 444 g/mol. The summed E-state index contributed by atoms with van der Waals surface area (Å²) in [6, 6.07) is 14.2. The molecule has 1 aliphatic rings. The molecule has 1 unspecified atom stereocenters. The van der Waals surface area contributed by atoms with Crippen molar-refractivity contribution in [2.45, 2.75) is 51.0 Å². The van der Waals surface area contributed by atoms with Crippen LogP contribution in [0.4, 0.5) is 0 Å². The van der Waals surface area contributed by atoms with Crippen LogP contribution < -0.4 is 0 Å². The first-order chi connectivity index (χ1) is 15.0. The summed E-state index contributed by atoms with van der Waals surface area (Å²) in [5.74, 6) is -0.0249. The summed E-state index contributed by atoms with van der Waals surface area (Å²) < 4.78 is 5.22. The number of hydrogen-bond donors (Lipinski definition) is 1. The summed E-state index contributed by atoms with van der Waals surface area (Å²) >= 11 is 6.72. The van der Waals surface area contributed by atoms with Crippen LogP contribution in [0, 0.1) is 12.8 Å². The quantitative estimate of drug-likeness (QED) is 0.410. The van der Waals surface area contributed by atoms with E-state index in [-0.39, 0.29) is 5.92 Å². The summed E-state index contributed by atoms with van der Waals surface area (Å²) in [6.45, 7) is 4.10. The smallest absolute Gasteiger partial charge is 0.209 e. The van der Waals surface area contributed by atoms with E-state index < -0.39 is 5.60 Å². The highest BCUT2D eigenvalue weighted by Crippen LogP contribution is 2.43. The number of amides is 1. The summed E-state index contributed by atoms with van der Waals surface area (Å²) in [5.41, 5.74) is 3.26. The highest BCUT2D eigenvalue weighted by Gasteiger charge is 2.41. The minimum atomic E-state index is -1.04. The number of ether oxygens (including phenoxy) is 1. The lowest BCUT2D eigenvalue weighted by molar-refractivity contribution is -0.123. The standard InChI is InChI=1S/C26H34ClNO3/c1-20-9-3-4-10-21(20)17-23-24(12-7-13-25(23)27)26(30,14-5-6-16-31-2)22-11-8-15-28(18-22)19-29/h3-4,7,9-10,12-13,19,22,30H,5-6,8,11,14-18H2,1-2H3/t22?,26-/m0/s1. The number of hydrogen-bond acceptors (Lipinski definition) is 3. The van der Waals surface area contributed by atoms with Crippen molar-refractivity contribution in [2.24, 2.45) is 5.92 Å². The van der Waals surface area contributed by atoms with Crippen LogP contribution >= 0.6 is 11.6 Å². The fraction of sp³-hybridized carbons (Fsp3) is 0.500.